The fourth-order valence-corrected chi connectivity index (χ4v) is 3.06. The lowest BCUT2D eigenvalue weighted by Crippen LogP contribution is -2.59. The molecule has 1 unspecified atom stereocenters. The number of hydrogen-bond donors (Lipinski definition) is 0. The van der Waals surface area contributed by atoms with Gasteiger partial charge in [-0.2, -0.15) is 0 Å². The molecule has 0 amide bonds. The van der Waals surface area contributed by atoms with Crippen LogP contribution in [0.1, 0.15) is 40.5 Å². The highest BCUT2D eigenvalue weighted by atomic mass is 16.8. The second-order valence-corrected chi connectivity index (χ2v) is 6.03. The molecule has 3 rings (SSSR count). The zero-order chi connectivity index (χ0) is 14.6. The maximum absolute atomic E-state index is 12.7. The Morgan fingerprint density at radius 1 is 1.15 bits per heavy atom. The number of hydrogen-bond acceptors (Lipinski definition) is 6. The predicted octanol–water partition coefficient (Wildman–Crippen LogP) is 1.37. The van der Waals surface area contributed by atoms with Gasteiger partial charge in [0, 0.05) is 0 Å². The van der Waals surface area contributed by atoms with E-state index in [4.69, 9.17) is 23.7 Å². The Labute approximate surface area is 118 Å². The van der Waals surface area contributed by atoms with Crippen LogP contribution in [-0.4, -0.2) is 48.6 Å². The van der Waals surface area contributed by atoms with Gasteiger partial charge in [-0.05, 0) is 26.7 Å². The average molecular weight is 286 g/mol. The van der Waals surface area contributed by atoms with Gasteiger partial charge in [0.05, 0.1) is 6.61 Å². The molecule has 0 aromatic heterocycles. The summed E-state index contributed by atoms with van der Waals surface area (Å²) in [5.41, 5.74) is 0. The normalized spacial score (nSPS) is 42.1. The molecule has 3 atom stereocenters. The highest BCUT2D eigenvalue weighted by Gasteiger charge is 2.63. The van der Waals surface area contributed by atoms with Gasteiger partial charge in [0.15, 0.2) is 17.7 Å². The van der Waals surface area contributed by atoms with Gasteiger partial charge in [0.25, 0.3) is 5.79 Å². The lowest BCUT2D eigenvalue weighted by Gasteiger charge is -2.36. The van der Waals surface area contributed by atoms with Crippen LogP contribution in [0.5, 0.6) is 0 Å². The van der Waals surface area contributed by atoms with Crippen molar-refractivity contribution < 1.29 is 28.5 Å². The van der Waals surface area contributed by atoms with Gasteiger partial charge >= 0.3 is 0 Å². The molecule has 3 saturated heterocycles. The van der Waals surface area contributed by atoms with Crippen molar-refractivity contribution in [3.63, 3.8) is 0 Å². The Morgan fingerprint density at radius 3 is 2.45 bits per heavy atom. The minimum atomic E-state index is -1.34. The third kappa shape index (κ3) is 2.02. The SMILES string of the molecule is CCC1(CC)OC[C@]2(OC[C@H]3OC(C)(C)OC3C2=O)O1. The summed E-state index contributed by atoms with van der Waals surface area (Å²) in [5, 5.41) is 0. The molecule has 0 N–H and O–H groups in total. The van der Waals surface area contributed by atoms with Crippen molar-refractivity contribution >= 4 is 5.78 Å². The van der Waals surface area contributed by atoms with E-state index >= 15 is 0 Å². The monoisotopic (exact) mass is 286 g/mol. The van der Waals surface area contributed by atoms with Gasteiger partial charge in [0.2, 0.25) is 5.78 Å². The molecule has 3 fully saturated rings. The van der Waals surface area contributed by atoms with Crippen molar-refractivity contribution in [2.45, 2.75) is 70.1 Å². The Hall–Kier alpha value is -0.530. The molecular weight excluding hydrogens is 264 g/mol. The molecule has 0 aromatic carbocycles. The number of carbonyl (C=O) groups is 1. The first-order valence-electron chi connectivity index (χ1n) is 7.23. The number of carbonyl (C=O) groups excluding carboxylic acids is 1. The van der Waals surface area contributed by atoms with Gasteiger partial charge in [-0.25, -0.2) is 0 Å². The van der Waals surface area contributed by atoms with Crippen LogP contribution in [0, 0.1) is 0 Å². The molecule has 3 heterocycles. The molecule has 0 radical (unpaired) electrons. The van der Waals surface area contributed by atoms with Crippen LogP contribution in [0.25, 0.3) is 0 Å². The van der Waals surface area contributed by atoms with Gasteiger partial charge in [-0.3, -0.25) is 4.79 Å². The Bertz CT molecular complexity index is 416. The average Bonchev–Trinajstić information content (AvgIpc) is 2.94. The number of fused-ring (bicyclic) bond motifs is 1. The molecule has 1 spiro atoms. The predicted molar refractivity (Wildman–Crippen MR) is 67.9 cm³/mol. The molecule has 0 bridgehead atoms. The first-order valence-corrected chi connectivity index (χ1v) is 7.23. The molecule has 0 aliphatic carbocycles. The molecule has 3 aliphatic heterocycles. The van der Waals surface area contributed by atoms with Crippen LogP contribution >= 0.6 is 0 Å². The van der Waals surface area contributed by atoms with Gasteiger partial charge in [-0.15, -0.1) is 0 Å². The van der Waals surface area contributed by atoms with E-state index < -0.39 is 23.5 Å². The first-order chi connectivity index (χ1) is 9.35. The summed E-state index contributed by atoms with van der Waals surface area (Å²) in [7, 11) is 0. The highest BCUT2D eigenvalue weighted by Crippen LogP contribution is 2.43. The fraction of sp³-hybridized carbons (Fsp3) is 0.929. The lowest BCUT2D eigenvalue weighted by molar-refractivity contribution is -0.273. The Kier molecular flexibility index (Phi) is 3.23. The number of ether oxygens (including phenoxy) is 5. The van der Waals surface area contributed by atoms with Crippen LogP contribution in [0.4, 0.5) is 0 Å². The number of rotatable bonds is 2. The Morgan fingerprint density at radius 2 is 1.85 bits per heavy atom. The summed E-state index contributed by atoms with van der Waals surface area (Å²) in [6, 6.07) is 0. The van der Waals surface area contributed by atoms with Crippen LogP contribution in [0.2, 0.25) is 0 Å². The second kappa shape index (κ2) is 4.48. The smallest absolute Gasteiger partial charge is 0.258 e. The van der Waals surface area contributed by atoms with Crippen LogP contribution in [0.3, 0.4) is 0 Å². The molecule has 6 nitrogen and oxygen atoms in total. The van der Waals surface area contributed by atoms with E-state index in [2.05, 4.69) is 0 Å². The third-order valence-corrected chi connectivity index (χ3v) is 4.25. The van der Waals surface area contributed by atoms with E-state index in [1.165, 1.54) is 0 Å². The van der Waals surface area contributed by atoms with E-state index in [1.807, 2.05) is 13.8 Å². The van der Waals surface area contributed by atoms with Crippen molar-refractivity contribution in [1.82, 2.24) is 0 Å². The lowest BCUT2D eigenvalue weighted by atomic mass is 9.99. The van der Waals surface area contributed by atoms with E-state index in [-0.39, 0.29) is 25.1 Å². The van der Waals surface area contributed by atoms with Crippen molar-refractivity contribution in [3.05, 3.63) is 0 Å². The summed E-state index contributed by atoms with van der Waals surface area (Å²) >= 11 is 0. The summed E-state index contributed by atoms with van der Waals surface area (Å²) in [6.07, 6.45) is 0.314. The first kappa shape index (κ1) is 14.4. The summed E-state index contributed by atoms with van der Waals surface area (Å²) in [6.45, 7) is 7.90. The second-order valence-electron chi connectivity index (χ2n) is 6.03. The minimum Gasteiger partial charge on any atom is -0.344 e. The van der Waals surface area contributed by atoms with Crippen LogP contribution in [0.15, 0.2) is 0 Å². The zero-order valence-corrected chi connectivity index (χ0v) is 12.4. The Balaban J connectivity index is 1.82. The zero-order valence-electron chi connectivity index (χ0n) is 12.4. The summed E-state index contributed by atoms with van der Waals surface area (Å²) in [4.78, 5) is 12.7. The number of Topliss-reactive ketones (excluding diaryl/α,β-unsaturated/α-hetero) is 1. The van der Waals surface area contributed by atoms with Gasteiger partial charge in [-0.1, -0.05) is 13.8 Å². The fourth-order valence-electron chi connectivity index (χ4n) is 3.06. The number of ketones is 1. The molecule has 114 valence electrons. The van der Waals surface area contributed by atoms with Crippen LogP contribution in [-0.2, 0) is 28.5 Å². The minimum absolute atomic E-state index is 0.112. The van der Waals surface area contributed by atoms with Crippen molar-refractivity contribution in [2.75, 3.05) is 13.2 Å². The molecule has 6 heteroatoms. The topological polar surface area (TPSA) is 63.2 Å². The summed E-state index contributed by atoms with van der Waals surface area (Å²) < 4.78 is 28.7. The maximum Gasteiger partial charge on any atom is 0.258 e. The molecule has 3 aliphatic rings. The third-order valence-electron chi connectivity index (χ3n) is 4.25. The molecular formula is C14H22O6. The van der Waals surface area contributed by atoms with E-state index in [0.29, 0.717) is 12.8 Å². The van der Waals surface area contributed by atoms with Crippen LogP contribution < -0.4 is 0 Å². The molecule has 0 aromatic rings. The van der Waals surface area contributed by atoms with E-state index in [1.54, 1.807) is 13.8 Å². The largest absolute Gasteiger partial charge is 0.344 e. The van der Waals surface area contributed by atoms with Crippen molar-refractivity contribution in [1.29, 1.82) is 0 Å². The molecule has 20 heavy (non-hydrogen) atoms. The van der Waals surface area contributed by atoms with Gasteiger partial charge in [0.1, 0.15) is 12.7 Å². The molecule has 0 saturated carbocycles. The highest BCUT2D eigenvalue weighted by molar-refractivity contribution is 5.92. The van der Waals surface area contributed by atoms with E-state index in [0.717, 1.165) is 0 Å². The van der Waals surface area contributed by atoms with Crippen molar-refractivity contribution in [3.8, 4) is 0 Å². The quantitative estimate of drug-likeness (QED) is 0.764. The van der Waals surface area contributed by atoms with E-state index in [9.17, 15) is 4.79 Å². The maximum atomic E-state index is 12.7. The summed E-state index contributed by atoms with van der Waals surface area (Å²) in [5.74, 6) is -3.08. The van der Waals surface area contributed by atoms with Crippen molar-refractivity contribution in [2.24, 2.45) is 0 Å². The van der Waals surface area contributed by atoms with Gasteiger partial charge < -0.3 is 23.7 Å². The standard InChI is InChI=1S/C14H22O6/c1-5-13(6-2)17-8-14(20-13)11(15)10-9(7-16-14)18-12(3,4)19-10/h9-10H,5-8H2,1-4H3/t9-,10?,14+/m1/s1.